The summed E-state index contributed by atoms with van der Waals surface area (Å²) in [5.74, 6) is 0.371. The lowest BCUT2D eigenvalue weighted by molar-refractivity contribution is -0.128. The highest BCUT2D eigenvalue weighted by Crippen LogP contribution is 2.24. The van der Waals surface area contributed by atoms with E-state index in [-0.39, 0.29) is 11.4 Å². The SMILES string of the molecule is CCC(C)(C)NC(=O)C(C)Oc1ccc(N)c(Cl)c1. The normalized spacial score (nSPS) is 12.9. The zero-order valence-corrected chi connectivity index (χ0v) is 12.5. The van der Waals surface area contributed by atoms with Gasteiger partial charge in [0.1, 0.15) is 5.75 Å². The second-order valence-corrected chi connectivity index (χ2v) is 5.58. The number of hydrogen-bond acceptors (Lipinski definition) is 3. The van der Waals surface area contributed by atoms with Crippen molar-refractivity contribution in [3.05, 3.63) is 23.2 Å². The van der Waals surface area contributed by atoms with E-state index in [9.17, 15) is 4.79 Å². The second-order valence-electron chi connectivity index (χ2n) is 5.17. The molecule has 0 aromatic heterocycles. The summed E-state index contributed by atoms with van der Waals surface area (Å²) in [7, 11) is 0. The van der Waals surface area contributed by atoms with E-state index in [1.54, 1.807) is 25.1 Å². The smallest absolute Gasteiger partial charge is 0.261 e. The molecule has 0 heterocycles. The first kappa shape index (κ1) is 15.6. The topological polar surface area (TPSA) is 64.3 Å². The minimum Gasteiger partial charge on any atom is -0.481 e. The highest BCUT2D eigenvalue weighted by molar-refractivity contribution is 6.33. The monoisotopic (exact) mass is 284 g/mol. The van der Waals surface area contributed by atoms with E-state index in [1.165, 1.54) is 0 Å². The molecule has 19 heavy (non-hydrogen) atoms. The molecule has 3 N–H and O–H groups in total. The Labute approximate surface area is 119 Å². The van der Waals surface area contributed by atoms with Crippen LogP contribution in [-0.4, -0.2) is 17.6 Å². The number of ether oxygens (including phenoxy) is 1. The summed E-state index contributed by atoms with van der Waals surface area (Å²) in [6, 6.07) is 4.94. The van der Waals surface area contributed by atoms with Crippen LogP contribution in [0.2, 0.25) is 5.02 Å². The van der Waals surface area contributed by atoms with Crippen molar-refractivity contribution >= 4 is 23.2 Å². The first-order valence-electron chi connectivity index (χ1n) is 6.29. The molecule has 1 amide bonds. The van der Waals surface area contributed by atoms with Crippen LogP contribution in [0.3, 0.4) is 0 Å². The number of rotatable bonds is 5. The fourth-order valence-electron chi connectivity index (χ4n) is 1.36. The number of hydrogen-bond donors (Lipinski definition) is 2. The number of amides is 1. The van der Waals surface area contributed by atoms with Gasteiger partial charge in [-0.05, 0) is 39.3 Å². The molecule has 1 aromatic rings. The van der Waals surface area contributed by atoms with E-state index >= 15 is 0 Å². The molecule has 0 saturated heterocycles. The molecule has 1 atom stereocenters. The minimum atomic E-state index is -0.592. The summed E-state index contributed by atoms with van der Waals surface area (Å²) in [5, 5.41) is 3.35. The van der Waals surface area contributed by atoms with Gasteiger partial charge in [-0.15, -0.1) is 0 Å². The highest BCUT2D eigenvalue weighted by atomic mass is 35.5. The Kier molecular flexibility index (Phi) is 5.06. The van der Waals surface area contributed by atoms with Crippen LogP contribution < -0.4 is 15.8 Å². The van der Waals surface area contributed by atoms with Gasteiger partial charge in [-0.25, -0.2) is 0 Å². The molecule has 1 unspecified atom stereocenters. The van der Waals surface area contributed by atoms with E-state index < -0.39 is 6.10 Å². The molecule has 0 aliphatic carbocycles. The molecule has 1 aromatic carbocycles. The van der Waals surface area contributed by atoms with Crippen LogP contribution in [0.5, 0.6) is 5.75 Å². The third-order valence-electron chi connectivity index (χ3n) is 3.00. The molecular weight excluding hydrogens is 264 g/mol. The van der Waals surface area contributed by atoms with Crippen molar-refractivity contribution in [2.75, 3.05) is 5.73 Å². The molecular formula is C14H21ClN2O2. The van der Waals surface area contributed by atoms with Gasteiger partial charge in [-0.1, -0.05) is 18.5 Å². The molecule has 0 aliphatic rings. The standard InChI is InChI=1S/C14H21ClN2O2/c1-5-14(3,4)17-13(18)9(2)19-10-6-7-12(16)11(15)8-10/h6-9H,5,16H2,1-4H3,(H,17,18). The van der Waals surface area contributed by atoms with E-state index in [0.29, 0.717) is 16.5 Å². The molecule has 5 heteroatoms. The summed E-state index contributed by atoms with van der Waals surface area (Å²) in [4.78, 5) is 12.0. The third-order valence-corrected chi connectivity index (χ3v) is 3.33. The van der Waals surface area contributed by atoms with Crippen LogP contribution in [0.4, 0.5) is 5.69 Å². The van der Waals surface area contributed by atoms with E-state index in [4.69, 9.17) is 22.1 Å². The summed E-state index contributed by atoms with van der Waals surface area (Å²) < 4.78 is 5.55. The molecule has 1 rings (SSSR count). The van der Waals surface area contributed by atoms with Crippen molar-refractivity contribution in [1.82, 2.24) is 5.32 Å². The van der Waals surface area contributed by atoms with Crippen LogP contribution in [0.15, 0.2) is 18.2 Å². The first-order chi connectivity index (χ1) is 8.75. The number of nitrogens with one attached hydrogen (secondary N) is 1. The van der Waals surface area contributed by atoms with Gasteiger partial charge in [0.25, 0.3) is 5.91 Å². The Hall–Kier alpha value is -1.42. The van der Waals surface area contributed by atoms with E-state index in [0.717, 1.165) is 6.42 Å². The Morgan fingerprint density at radius 3 is 2.68 bits per heavy atom. The largest absolute Gasteiger partial charge is 0.481 e. The number of nitrogen functional groups attached to an aromatic ring is 1. The molecule has 0 saturated carbocycles. The number of carbonyl (C=O) groups is 1. The van der Waals surface area contributed by atoms with Crippen LogP contribution in [0, 0.1) is 0 Å². The van der Waals surface area contributed by atoms with Crippen molar-refractivity contribution in [3.63, 3.8) is 0 Å². The Balaban J connectivity index is 2.66. The highest BCUT2D eigenvalue weighted by Gasteiger charge is 2.22. The second kappa shape index (κ2) is 6.15. The van der Waals surface area contributed by atoms with Crippen molar-refractivity contribution in [3.8, 4) is 5.75 Å². The minimum absolute atomic E-state index is 0.153. The fraction of sp³-hybridized carbons (Fsp3) is 0.500. The Bertz CT molecular complexity index is 461. The summed E-state index contributed by atoms with van der Waals surface area (Å²) in [6.45, 7) is 7.66. The average molecular weight is 285 g/mol. The van der Waals surface area contributed by atoms with Crippen molar-refractivity contribution in [2.45, 2.75) is 45.8 Å². The summed E-state index contributed by atoms with van der Waals surface area (Å²) in [5.41, 5.74) is 5.86. The lowest BCUT2D eigenvalue weighted by Crippen LogP contribution is -2.48. The molecule has 106 valence electrons. The maximum absolute atomic E-state index is 12.0. The number of halogens is 1. The van der Waals surface area contributed by atoms with Crippen molar-refractivity contribution < 1.29 is 9.53 Å². The molecule has 4 nitrogen and oxygen atoms in total. The number of carbonyl (C=O) groups excluding carboxylic acids is 1. The van der Waals surface area contributed by atoms with Crippen LogP contribution in [0.25, 0.3) is 0 Å². The van der Waals surface area contributed by atoms with Crippen LogP contribution >= 0.6 is 11.6 Å². The Morgan fingerprint density at radius 1 is 1.53 bits per heavy atom. The molecule has 0 fully saturated rings. The molecule has 0 bridgehead atoms. The lowest BCUT2D eigenvalue weighted by Gasteiger charge is -2.26. The molecule has 0 spiro atoms. The van der Waals surface area contributed by atoms with Gasteiger partial charge in [-0.3, -0.25) is 4.79 Å². The van der Waals surface area contributed by atoms with Crippen LogP contribution in [-0.2, 0) is 4.79 Å². The van der Waals surface area contributed by atoms with Gasteiger partial charge < -0.3 is 15.8 Å². The zero-order chi connectivity index (χ0) is 14.6. The van der Waals surface area contributed by atoms with Gasteiger partial charge >= 0.3 is 0 Å². The summed E-state index contributed by atoms with van der Waals surface area (Å²) in [6.07, 6.45) is 0.254. The first-order valence-corrected chi connectivity index (χ1v) is 6.66. The van der Waals surface area contributed by atoms with Gasteiger partial charge in [0.15, 0.2) is 6.10 Å². The number of benzene rings is 1. The fourth-order valence-corrected chi connectivity index (χ4v) is 1.53. The lowest BCUT2D eigenvalue weighted by atomic mass is 10.0. The number of anilines is 1. The zero-order valence-electron chi connectivity index (χ0n) is 11.8. The van der Waals surface area contributed by atoms with Crippen LogP contribution in [0.1, 0.15) is 34.1 Å². The van der Waals surface area contributed by atoms with Crippen molar-refractivity contribution in [2.24, 2.45) is 0 Å². The predicted octanol–water partition coefficient (Wildman–Crippen LogP) is 2.99. The third kappa shape index (κ3) is 4.63. The predicted molar refractivity (Wildman–Crippen MR) is 78.5 cm³/mol. The maximum atomic E-state index is 12.0. The van der Waals surface area contributed by atoms with Gasteiger partial charge in [0.2, 0.25) is 0 Å². The van der Waals surface area contributed by atoms with E-state index in [2.05, 4.69) is 5.32 Å². The van der Waals surface area contributed by atoms with Gasteiger partial charge in [-0.2, -0.15) is 0 Å². The van der Waals surface area contributed by atoms with E-state index in [1.807, 2.05) is 20.8 Å². The summed E-state index contributed by atoms with van der Waals surface area (Å²) >= 11 is 5.90. The Morgan fingerprint density at radius 2 is 2.16 bits per heavy atom. The number of nitrogens with two attached hydrogens (primary N) is 1. The maximum Gasteiger partial charge on any atom is 0.261 e. The average Bonchev–Trinajstić information content (AvgIpc) is 2.33. The van der Waals surface area contributed by atoms with Gasteiger partial charge in [0.05, 0.1) is 10.7 Å². The quantitative estimate of drug-likeness (QED) is 0.817. The molecule has 0 aliphatic heterocycles. The molecule has 0 radical (unpaired) electrons. The van der Waals surface area contributed by atoms with Crippen molar-refractivity contribution in [1.29, 1.82) is 0 Å². The van der Waals surface area contributed by atoms with Gasteiger partial charge in [0, 0.05) is 11.6 Å².